The van der Waals surface area contributed by atoms with E-state index in [-0.39, 0.29) is 24.2 Å². The molecule has 0 aromatic carbocycles. The Hall–Kier alpha value is -2.35. The van der Waals surface area contributed by atoms with E-state index in [1.54, 1.807) is 6.33 Å². The molecule has 2 fully saturated rings. The first-order valence-corrected chi connectivity index (χ1v) is 8.40. The fourth-order valence-corrected chi connectivity index (χ4v) is 4.09. The molecule has 1 saturated carbocycles. The van der Waals surface area contributed by atoms with Crippen molar-refractivity contribution in [3.8, 4) is 0 Å². The van der Waals surface area contributed by atoms with Crippen LogP contribution in [0.2, 0.25) is 0 Å². The Balaban J connectivity index is 1.73. The number of aromatic nitrogens is 3. The molecule has 2 aromatic rings. The minimum atomic E-state index is -0.642. The van der Waals surface area contributed by atoms with Gasteiger partial charge in [-0.05, 0) is 37.8 Å². The van der Waals surface area contributed by atoms with Gasteiger partial charge < -0.3 is 19.4 Å². The Morgan fingerprint density at radius 3 is 2.96 bits per heavy atom. The van der Waals surface area contributed by atoms with Crippen LogP contribution in [0.25, 0.3) is 21.5 Å². The van der Waals surface area contributed by atoms with Gasteiger partial charge in [0.15, 0.2) is 5.79 Å². The summed E-state index contributed by atoms with van der Waals surface area (Å²) in [5.74, 6) is 0.278. The summed E-state index contributed by atoms with van der Waals surface area (Å²) < 4.78 is 14.4. The van der Waals surface area contributed by atoms with Gasteiger partial charge in [-0.25, -0.2) is 9.97 Å². The standard InChI is InChI=1S/C16H21N7O2/c1-16(2)24-12-9(7-21-22-17)6-11(13(12)25-16)23-5-4-10-14(18-3)19-8-20-15(10)23/h4-5,8-9,11-13H,6-7H2,1-3H3,(H,18,19,20)/t9-,11-,12-,13+/m1/s1. The summed E-state index contributed by atoms with van der Waals surface area (Å²) in [6.45, 7) is 4.24. The average Bonchev–Trinajstić information content (AvgIpc) is 3.23. The van der Waals surface area contributed by atoms with Gasteiger partial charge in [0.1, 0.15) is 23.9 Å². The molecule has 1 aliphatic heterocycles. The van der Waals surface area contributed by atoms with E-state index in [4.69, 9.17) is 15.0 Å². The van der Waals surface area contributed by atoms with E-state index in [9.17, 15) is 0 Å². The van der Waals surface area contributed by atoms with Gasteiger partial charge in [0.25, 0.3) is 0 Å². The molecule has 4 rings (SSSR count). The van der Waals surface area contributed by atoms with E-state index < -0.39 is 5.79 Å². The van der Waals surface area contributed by atoms with Crippen LogP contribution in [0.15, 0.2) is 23.7 Å². The third-order valence-electron chi connectivity index (χ3n) is 5.03. The molecule has 0 bridgehead atoms. The molecule has 2 aliphatic rings. The maximum atomic E-state index is 8.68. The normalized spacial score (nSPS) is 30.2. The third kappa shape index (κ3) is 2.60. The molecule has 0 radical (unpaired) electrons. The SMILES string of the molecule is CNc1ncnc2c1ccn2[C@@H]1C[C@H](CN=[N+]=[N-])[C@H]2OC(C)(C)O[C@H]21. The summed E-state index contributed by atoms with van der Waals surface area (Å²) >= 11 is 0. The summed E-state index contributed by atoms with van der Waals surface area (Å²) in [6, 6.07) is 2.08. The predicted octanol–water partition coefficient (Wildman–Crippen LogP) is 2.86. The lowest BCUT2D eigenvalue weighted by molar-refractivity contribution is -0.159. The van der Waals surface area contributed by atoms with Crippen LogP contribution in [0, 0.1) is 5.92 Å². The maximum absolute atomic E-state index is 8.68. The highest BCUT2D eigenvalue weighted by Gasteiger charge is 2.54. The van der Waals surface area contributed by atoms with E-state index in [1.165, 1.54) is 0 Å². The van der Waals surface area contributed by atoms with E-state index in [0.717, 1.165) is 23.3 Å². The number of nitrogens with one attached hydrogen (secondary N) is 1. The summed E-state index contributed by atoms with van der Waals surface area (Å²) in [5, 5.41) is 7.83. The topological polar surface area (TPSA) is 110 Å². The van der Waals surface area contributed by atoms with Crippen molar-refractivity contribution in [1.29, 1.82) is 0 Å². The highest BCUT2D eigenvalue weighted by molar-refractivity contribution is 5.87. The lowest BCUT2D eigenvalue weighted by Crippen LogP contribution is -2.27. The Kier molecular flexibility index (Phi) is 3.79. The van der Waals surface area contributed by atoms with Crippen LogP contribution in [0.1, 0.15) is 26.3 Å². The molecule has 1 N–H and O–H groups in total. The number of ether oxygens (including phenoxy) is 2. The van der Waals surface area contributed by atoms with Gasteiger partial charge in [-0.2, -0.15) is 0 Å². The largest absolute Gasteiger partial charge is 0.372 e. The summed E-state index contributed by atoms with van der Waals surface area (Å²) in [5.41, 5.74) is 9.54. The van der Waals surface area contributed by atoms with Crippen LogP contribution in [0.3, 0.4) is 0 Å². The van der Waals surface area contributed by atoms with Crippen LogP contribution in [0.5, 0.6) is 0 Å². The van der Waals surface area contributed by atoms with Crippen molar-refractivity contribution in [1.82, 2.24) is 14.5 Å². The van der Waals surface area contributed by atoms with Crippen molar-refractivity contribution in [3.63, 3.8) is 0 Å². The molecule has 0 spiro atoms. The molecule has 0 amide bonds. The predicted molar refractivity (Wildman–Crippen MR) is 92.1 cm³/mol. The molecular formula is C16H21N7O2. The van der Waals surface area contributed by atoms with E-state index in [0.29, 0.717) is 6.54 Å². The Bertz CT molecular complexity index is 842. The minimum absolute atomic E-state index is 0.0720. The van der Waals surface area contributed by atoms with Crippen molar-refractivity contribution in [2.75, 3.05) is 18.9 Å². The van der Waals surface area contributed by atoms with E-state index >= 15 is 0 Å². The second kappa shape index (κ2) is 5.87. The molecule has 1 aliphatic carbocycles. The fraction of sp³-hybridized carbons (Fsp3) is 0.625. The minimum Gasteiger partial charge on any atom is -0.372 e. The first-order chi connectivity index (χ1) is 12.0. The molecule has 2 aromatic heterocycles. The number of rotatable bonds is 4. The molecule has 9 heteroatoms. The van der Waals surface area contributed by atoms with Gasteiger partial charge in [-0.1, -0.05) is 5.11 Å². The van der Waals surface area contributed by atoms with Crippen molar-refractivity contribution >= 4 is 16.9 Å². The van der Waals surface area contributed by atoms with Gasteiger partial charge >= 0.3 is 0 Å². The second-order valence-electron chi connectivity index (χ2n) is 6.97. The summed E-state index contributed by atoms with van der Waals surface area (Å²) in [6.07, 6.45) is 4.20. The van der Waals surface area contributed by atoms with Crippen molar-refractivity contribution < 1.29 is 9.47 Å². The number of hydrogen-bond acceptors (Lipinski definition) is 6. The van der Waals surface area contributed by atoms with Crippen molar-refractivity contribution in [2.45, 2.75) is 44.3 Å². The van der Waals surface area contributed by atoms with Crippen LogP contribution < -0.4 is 5.32 Å². The van der Waals surface area contributed by atoms with Crippen LogP contribution >= 0.6 is 0 Å². The first kappa shape index (κ1) is 16.1. The zero-order valence-electron chi connectivity index (χ0n) is 14.5. The van der Waals surface area contributed by atoms with Crippen LogP contribution in [-0.4, -0.2) is 46.1 Å². The molecule has 4 atom stereocenters. The third-order valence-corrected chi connectivity index (χ3v) is 5.03. The zero-order chi connectivity index (χ0) is 17.6. The summed E-state index contributed by atoms with van der Waals surface area (Å²) in [4.78, 5) is 11.6. The van der Waals surface area contributed by atoms with Crippen LogP contribution in [-0.2, 0) is 9.47 Å². The molecule has 25 heavy (non-hydrogen) atoms. The van der Waals surface area contributed by atoms with Gasteiger partial charge in [0.05, 0.1) is 17.5 Å². The van der Waals surface area contributed by atoms with E-state index in [2.05, 4.69) is 29.9 Å². The average molecular weight is 343 g/mol. The molecule has 9 nitrogen and oxygen atoms in total. The maximum Gasteiger partial charge on any atom is 0.163 e. The fourth-order valence-electron chi connectivity index (χ4n) is 4.09. The molecule has 3 heterocycles. The van der Waals surface area contributed by atoms with Crippen LogP contribution in [0.4, 0.5) is 5.82 Å². The van der Waals surface area contributed by atoms with Gasteiger partial charge in [0.2, 0.25) is 0 Å². The van der Waals surface area contributed by atoms with E-state index in [1.807, 2.05) is 33.2 Å². The van der Waals surface area contributed by atoms with Crippen molar-refractivity contribution in [3.05, 3.63) is 29.0 Å². The number of anilines is 1. The molecular weight excluding hydrogens is 322 g/mol. The highest BCUT2D eigenvalue weighted by Crippen LogP contribution is 2.47. The number of fused-ring (bicyclic) bond motifs is 2. The number of azide groups is 1. The first-order valence-electron chi connectivity index (χ1n) is 8.40. The monoisotopic (exact) mass is 343 g/mol. The number of nitrogens with zero attached hydrogens (tertiary/aromatic N) is 6. The second-order valence-corrected chi connectivity index (χ2v) is 6.97. The Morgan fingerprint density at radius 2 is 2.20 bits per heavy atom. The molecule has 132 valence electrons. The smallest absolute Gasteiger partial charge is 0.163 e. The molecule has 1 saturated heterocycles. The van der Waals surface area contributed by atoms with Gasteiger partial charge in [0, 0.05) is 24.7 Å². The molecule has 0 unspecified atom stereocenters. The Labute approximate surface area is 145 Å². The highest BCUT2D eigenvalue weighted by atomic mass is 16.8. The zero-order valence-corrected chi connectivity index (χ0v) is 14.5. The van der Waals surface area contributed by atoms with Crippen molar-refractivity contribution in [2.24, 2.45) is 11.0 Å². The quantitative estimate of drug-likeness (QED) is 0.521. The summed E-state index contributed by atoms with van der Waals surface area (Å²) in [7, 11) is 1.84. The van der Waals surface area contributed by atoms with Gasteiger partial charge in [-0.15, -0.1) is 0 Å². The number of hydrogen-bond donors (Lipinski definition) is 1. The lowest BCUT2D eigenvalue weighted by Gasteiger charge is -2.24. The van der Waals surface area contributed by atoms with Gasteiger partial charge in [-0.3, -0.25) is 0 Å². The lowest BCUT2D eigenvalue weighted by atomic mass is 10.1. The Morgan fingerprint density at radius 1 is 1.40 bits per heavy atom.